The van der Waals surface area contributed by atoms with E-state index < -0.39 is 5.97 Å². The summed E-state index contributed by atoms with van der Waals surface area (Å²) in [5.74, 6) is -0.413. The van der Waals surface area contributed by atoms with Crippen molar-refractivity contribution in [1.29, 1.82) is 0 Å². The van der Waals surface area contributed by atoms with Gasteiger partial charge in [0.25, 0.3) is 0 Å². The first-order chi connectivity index (χ1) is 13.6. The molecule has 0 saturated carbocycles. The molecule has 6 nitrogen and oxygen atoms in total. The predicted molar refractivity (Wildman–Crippen MR) is 103 cm³/mol. The molecule has 3 aromatic carbocycles. The number of carboxylic acid groups (broad SMARTS) is 1. The van der Waals surface area contributed by atoms with Crippen molar-refractivity contribution >= 4 is 5.97 Å². The maximum Gasteiger partial charge on any atom is 1.00 e. The summed E-state index contributed by atoms with van der Waals surface area (Å²) < 4.78 is 6.92. The second-order valence-electron chi connectivity index (χ2n) is 6.20. The van der Waals surface area contributed by atoms with Gasteiger partial charge >= 0.3 is 29.6 Å². The van der Waals surface area contributed by atoms with Crippen LogP contribution in [0.2, 0.25) is 0 Å². The van der Waals surface area contributed by atoms with Crippen LogP contribution >= 0.6 is 0 Å². The Morgan fingerprint density at radius 3 is 2.38 bits per heavy atom. The number of carboxylic acids is 1. The van der Waals surface area contributed by atoms with Crippen LogP contribution in [0.5, 0.6) is 5.75 Å². The van der Waals surface area contributed by atoms with Gasteiger partial charge in [-0.15, -0.1) is 5.10 Å². The molecule has 0 fully saturated rings. The van der Waals surface area contributed by atoms with E-state index in [1.54, 1.807) is 30.1 Å². The van der Waals surface area contributed by atoms with Crippen LogP contribution in [-0.4, -0.2) is 28.1 Å². The Hall–Kier alpha value is -2.93. The molecule has 0 unspecified atom stereocenters. The summed E-state index contributed by atoms with van der Waals surface area (Å²) in [5.41, 5.74) is 4.32. The van der Waals surface area contributed by atoms with E-state index in [9.17, 15) is 9.90 Å². The SMILES string of the molecule is COc1cccc(-c2ccc(-n3cc(-c4cccc(C(=O)[O-])c4)nn3)cc2)c1.[Na+]. The number of rotatable bonds is 5. The van der Waals surface area contributed by atoms with Crippen molar-refractivity contribution < 1.29 is 44.2 Å². The van der Waals surface area contributed by atoms with Crippen molar-refractivity contribution in [2.45, 2.75) is 0 Å². The number of benzene rings is 3. The molecule has 4 aromatic rings. The van der Waals surface area contributed by atoms with Crippen molar-refractivity contribution in [1.82, 2.24) is 15.0 Å². The number of aromatic carboxylic acids is 1. The van der Waals surface area contributed by atoms with E-state index in [0.29, 0.717) is 11.3 Å². The minimum Gasteiger partial charge on any atom is -0.545 e. The summed E-state index contributed by atoms with van der Waals surface area (Å²) in [5, 5.41) is 19.3. The average Bonchev–Trinajstić information content (AvgIpc) is 3.24. The first-order valence-corrected chi connectivity index (χ1v) is 8.63. The number of hydrogen-bond acceptors (Lipinski definition) is 5. The summed E-state index contributed by atoms with van der Waals surface area (Å²) in [6.07, 6.45) is 1.76. The van der Waals surface area contributed by atoms with Crippen LogP contribution in [0, 0.1) is 0 Å². The van der Waals surface area contributed by atoms with E-state index >= 15 is 0 Å². The number of carbonyl (C=O) groups excluding carboxylic acids is 1. The third-order valence-corrected chi connectivity index (χ3v) is 4.42. The molecule has 0 aliphatic carbocycles. The summed E-state index contributed by atoms with van der Waals surface area (Å²) in [4.78, 5) is 11.0. The number of ether oxygens (including phenoxy) is 1. The first-order valence-electron chi connectivity index (χ1n) is 8.63. The van der Waals surface area contributed by atoms with Crippen molar-refractivity contribution in [3.05, 3.63) is 84.6 Å². The molecule has 0 aliphatic rings. The summed E-state index contributed by atoms with van der Waals surface area (Å²) in [6, 6.07) is 22.2. The van der Waals surface area contributed by atoms with Gasteiger partial charge in [-0.25, -0.2) is 4.68 Å². The molecule has 4 rings (SSSR count). The Kier molecular flexibility index (Phi) is 6.49. The second-order valence-corrected chi connectivity index (χ2v) is 6.20. The average molecular weight is 393 g/mol. The fourth-order valence-corrected chi connectivity index (χ4v) is 2.94. The molecule has 0 aliphatic heterocycles. The van der Waals surface area contributed by atoms with Gasteiger partial charge in [-0.05, 0) is 47.0 Å². The van der Waals surface area contributed by atoms with E-state index in [0.717, 1.165) is 22.6 Å². The number of hydrogen-bond donors (Lipinski definition) is 0. The molecular weight excluding hydrogens is 377 g/mol. The molecule has 0 saturated heterocycles. The Labute approximate surface area is 190 Å². The van der Waals surface area contributed by atoms with Crippen LogP contribution in [-0.2, 0) is 0 Å². The zero-order chi connectivity index (χ0) is 19.5. The van der Waals surface area contributed by atoms with Gasteiger partial charge in [0, 0.05) is 5.56 Å². The van der Waals surface area contributed by atoms with Crippen LogP contribution in [0.4, 0.5) is 0 Å². The standard InChI is InChI=1S/C22H17N3O3.Na/c1-28-20-7-3-4-16(13-20)15-8-10-19(11-9-15)25-14-21(23-24-25)17-5-2-6-18(12-17)22(26)27;/h2-14H,1H3,(H,26,27);/q;+1/p-1. The zero-order valence-electron chi connectivity index (χ0n) is 16.1. The van der Waals surface area contributed by atoms with Gasteiger partial charge in [0.05, 0.1) is 25.0 Å². The van der Waals surface area contributed by atoms with E-state index in [1.165, 1.54) is 12.1 Å². The molecule has 0 amide bonds. The van der Waals surface area contributed by atoms with Crippen LogP contribution in [0.25, 0.3) is 28.1 Å². The quantitative estimate of drug-likeness (QED) is 0.445. The molecule has 138 valence electrons. The van der Waals surface area contributed by atoms with Crippen LogP contribution < -0.4 is 39.4 Å². The third kappa shape index (κ3) is 4.56. The fourth-order valence-electron chi connectivity index (χ4n) is 2.94. The summed E-state index contributed by atoms with van der Waals surface area (Å²) in [7, 11) is 1.65. The number of carbonyl (C=O) groups is 1. The molecule has 0 spiro atoms. The van der Waals surface area contributed by atoms with E-state index in [4.69, 9.17) is 4.74 Å². The molecule has 0 N–H and O–H groups in total. The molecule has 7 heteroatoms. The van der Waals surface area contributed by atoms with Crippen molar-refractivity contribution in [3.63, 3.8) is 0 Å². The Morgan fingerprint density at radius 1 is 0.931 bits per heavy atom. The fraction of sp³-hybridized carbons (Fsp3) is 0.0455. The normalized spacial score (nSPS) is 10.2. The maximum absolute atomic E-state index is 11.0. The Balaban J connectivity index is 0.00000240. The maximum atomic E-state index is 11.0. The van der Waals surface area contributed by atoms with Crippen LogP contribution in [0.1, 0.15) is 10.4 Å². The number of aromatic nitrogens is 3. The van der Waals surface area contributed by atoms with Crippen LogP contribution in [0.15, 0.2) is 79.0 Å². The largest absolute Gasteiger partial charge is 1.00 e. The van der Waals surface area contributed by atoms with Gasteiger partial charge in [-0.2, -0.15) is 0 Å². The molecule has 0 radical (unpaired) electrons. The molecule has 0 atom stereocenters. The number of methoxy groups -OCH3 is 1. The van der Waals surface area contributed by atoms with Gasteiger partial charge in [0.15, 0.2) is 0 Å². The Morgan fingerprint density at radius 2 is 1.66 bits per heavy atom. The molecule has 0 bridgehead atoms. The molecular formula is C22H16N3NaO3. The van der Waals surface area contributed by atoms with E-state index in [2.05, 4.69) is 10.3 Å². The van der Waals surface area contributed by atoms with Gasteiger partial charge in [0.2, 0.25) is 0 Å². The molecule has 29 heavy (non-hydrogen) atoms. The van der Waals surface area contributed by atoms with Gasteiger partial charge in [0.1, 0.15) is 11.4 Å². The third-order valence-electron chi connectivity index (χ3n) is 4.42. The molecule has 1 aromatic heterocycles. The van der Waals surface area contributed by atoms with Crippen LogP contribution in [0.3, 0.4) is 0 Å². The monoisotopic (exact) mass is 393 g/mol. The van der Waals surface area contributed by atoms with Crippen molar-refractivity contribution in [2.75, 3.05) is 7.11 Å². The summed E-state index contributed by atoms with van der Waals surface area (Å²) >= 11 is 0. The van der Waals surface area contributed by atoms with E-state index in [-0.39, 0.29) is 35.1 Å². The topological polar surface area (TPSA) is 80.1 Å². The van der Waals surface area contributed by atoms with E-state index in [1.807, 2.05) is 48.5 Å². The summed E-state index contributed by atoms with van der Waals surface area (Å²) in [6.45, 7) is 0. The number of nitrogens with zero attached hydrogens (tertiary/aromatic N) is 3. The van der Waals surface area contributed by atoms with Gasteiger partial charge in [-0.1, -0.05) is 47.7 Å². The predicted octanol–water partition coefficient (Wildman–Crippen LogP) is -0.0226. The molecule has 1 heterocycles. The second kappa shape index (κ2) is 9.05. The zero-order valence-corrected chi connectivity index (χ0v) is 18.1. The Bertz CT molecular complexity index is 1140. The smallest absolute Gasteiger partial charge is 0.545 e. The van der Waals surface area contributed by atoms with Crippen molar-refractivity contribution in [2.24, 2.45) is 0 Å². The van der Waals surface area contributed by atoms with Gasteiger partial charge < -0.3 is 14.6 Å². The van der Waals surface area contributed by atoms with Crippen molar-refractivity contribution in [3.8, 4) is 33.8 Å². The van der Waals surface area contributed by atoms with Gasteiger partial charge in [-0.3, -0.25) is 0 Å². The minimum atomic E-state index is -1.22. The minimum absolute atomic E-state index is 0. The first kappa shape index (κ1) is 20.8.